The fourth-order valence-corrected chi connectivity index (χ4v) is 1.81. The molecule has 0 radical (unpaired) electrons. The van der Waals surface area contributed by atoms with Crippen LogP contribution in [0.2, 0.25) is 0 Å². The summed E-state index contributed by atoms with van der Waals surface area (Å²) in [6.07, 6.45) is -0.157. The van der Waals surface area contributed by atoms with Crippen molar-refractivity contribution in [3.05, 3.63) is 35.9 Å². The first-order valence-corrected chi connectivity index (χ1v) is 6.93. The smallest absolute Gasteiger partial charge is 0.408 e. The average molecular weight is 292 g/mol. The molecule has 1 aromatic carbocycles. The minimum Gasteiger partial charge on any atom is -0.444 e. The molecule has 0 saturated carbocycles. The van der Waals surface area contributed by atoms with E-state index >= 15 is 0 Å². The highest BCUT2D eigenvalue weighted by atomic mass is 16.6. The zero-order valence-corrected chi connectivity index (χ0v) is 13.3. The Labute approximate surface area is 126 Å². The third-order valence-electron chi connectivity index (χ3n) is 2.71. The van der Waals surface area contributed by atoms with Gasteiger partial charge in [-0.15, -0.1) is 0 Å². The largest absolute Gasteiger partial charge is 0.444 e. The molecule has 5 nitrogen and oxygen atoms in total. The minimum absolute atomic E-state index is 0.162. The van der Waals surface area contributed by atoms with Crippen molar-refractivity contribution < 1.29 is 14.3 Å². The molecule has 0 bridgehead atoms. The maximum Gasteiger partial charge on any atom is 0.408 e. The van der Waals surface area contributed by atoms with Crippen LogP contribution in [0.3, 0.4) is 0 Å². The van der Waals surface area contributed by atoms with Gasteiger partial charge in [0.25, 0.3) is 0 Å². The van der Waals surface area contributed by atoms with Crippen molar-refractivity contribution in [3.8, 4) is 0 Å². The fraction of sp³-hybridized carbons (Fsp3) is 0.500. The molecule has 0 heterocycles. The van der Waals surface area contributed by atoms with Crippen molar-refractivity contribution >= 4 is 12.0 Å². The van der Waals surface area contributed by atoms with Crippen LogP contribution in [-0.2, 0) is 16.0 Å². The molecule has 1 unspecified atom stereocenters. The Balaban J connectivity index is 2.78. The summed E-state index contributed by atoms with van der Waals surface area (Å²) in [7, 11) is 3.33. The van der Waals surface area contributed by atoms with Crippen LogP contribution in [0.15, 0.2) is 30.3 Å². The molecular weight excluding hydrogens is 268 g/mol. The Hall–Kier alpha value is -2.04. The van der Waals surface area contributed by atoms with Crippen LogP contribution in [0.25, 0.3) is 0 Å². The van der Waals surface area contributed by atoms with E-state index < -0.39 is 17.7 Å². The maximum atomic E-state index is 12.2. The number of hydrogen-bond acceptors (Lipinski definition) is 3. The Morgan fingerprint density at radius 3 is 2.24 bits per heavy atom. The van der Waals surface area contributed by atoms with Gasteiger partial charge in [-0.2, -0.15) is 0 Å². The number of hydrogen-bond donors (Lipinski definition) is 1. The van der Waals surface area contributed by atoms with E-state index in [1.165, 1.54) is 4.90 Å². The van der Waals surface area contributed by atoms with E-state index in [1.54, 1.807) is 34.9 Å². The van der Waals surface area contributed by atoms with E-state index in [1.807, 2.05) is 30.3 Å². The number of rotatable bonds is 4. The van der Waals surface area contributed by atoms with Crippen LogP contribution in [0.5, 0.6) is 0 Å². The van der Waals surface area contributed by atoms with E-state index in [4.69, 9.17) is 4.74 Å². The normalized spacial score (nSPS) is 12.4. The molecule has 0 aliphatic carbocycles. The van der Waals surface area contributed by atoms with Gasteiger partial charge in [-0.05, 0) is 26.3 Å². The van der Waals surface area contributed by atoms with Gasteiger partial charge in [0, 0.05) is 20.5 Å². The van der Waals surface area contributed by atoms with Crippen molar-refractivity contribution in [3.63, 3.8) is 0 Å². The van der Waals surface area contributed by atoms with Crippen LogP contribution in [-0.4, -0.2) is 42.6 Å². The summed E-state index contributed by atoms with van der Waals surface area (Å²) >= 11 is 0. The van der Waals surface area contributed by atoms with Gasteiger partial charge in [0.05, 0.1) is 0 Å². The first-order chi connectivity index (χ1) is 9.69. The van der Waals surface area contributed by atoms with Gasteiger partial charge in [-0.25, -0.2) is 4.79 Å². The van der Waals surface area contributed by atoms with Gasteiger partial charge in [0.15, 0.2) is 0 Å². The van der Waals surface area contributed by atoms with Crippen LogP contribution in [0.4, 0.5) is 4.79 Å². The molecule has 0 aliphatic heterocycles. The summed E-state index contributed by atoms with van der Waals surface area (Å²) in [6.45, 7) is 5.35. The van der Waals surface area contributed by atoms with Crippen LogP contribution >= 0.6 is 0 Å². The Kier molecular flexibility index (Phi) is 5.76. The SMILES string of the molecule is CN(C)C(=O)C(Cc1ccccc1)NC(=O)OC(C)(C)C. The fourth-order valence-electron chi connectivity index (χ4n) is 1.81. The second kappa shape index (κ2) is 7.11. The summed E-state index contributed by atoms with van der Waals surface area (Å²) < 4.78 is 5.22. The lowest BCUT2D eigenvalue weighted by Crippen LogP contribution is -2.48. The van der Waals surface area contributed by atoms with Gasteiger partial charge in [0.2, 0.25) is 5.91 Å². The van der Waals surface area contributed by atoms with Gasteiger partial charge in [-0.3, -0.25) is 4.79 Å². The van der Waals surface area contributed by atoms with Gasteiger partial charge >= 0.3 is 6.09 Å². The lowest BCUT2D eigenvalue weighted by atomic mass is 10.1. The van der Waals surface area contributed by atoms with Crippen molar-refractivity contribution in [1.29, 1.82) is 0 Å². The van der Waals surface area contributed by atoms with Crippen molar-refractivity contribution in [2.24, 2.45) is 0 Å². The first kappa shape index (κ1) is 17.0. The van der Waals surface area contributed by atoms with Gasteiger partial charge in [-0.1, -0.05) is 30.3 Å². The zero-order valence-electron chi connectivity index (χ0n) is 13.3. The molecule has 0 spiro atoms. The van der Waals surface area contributed by atoms with Gasteiger partial charge in [0.1, 0.15) is 11.6 Å². The van der Waals surface area contributed by atoms with E-state index in [0.717, 1.165) is 5.56 Å². The van der Waals surface area contributed by atoms with Crippen LogP contribution in [0.1, 0.15) is 26.3 Å². The molecule has 1 aromatic rings. The van der Waals surface area contributed by atoms with Crippen molar-refractivity contribution in [2.75, 3.05) is 14.1 Å². The molecule has 1 atom stereocenters. The number of likely N-dealkylation sites (N-methyl/N-ethyl adjacent to an activating group) is 1. The molecule has 1 N–H and O–H groups in total. The topological polar surface area (TPSA) is 58.6 Å². The van der Waals surface area contributed by atoms with Gasteiger partial charge < -0.3 is 15.0 Å². The average Bonchev–Trinajstić information content (AvgIpc) is 2.36. The summed E-state index contributed by atoms with van der Waals surface area (Å²) in [6, 6.07) is 8.92. The molecule has 0 saturated heterocycles. The molecule has 2 amide bonds. The Morgan fingerprint density at radius 2 is 1.76 bits per heavy atom. The lowest BCUT2D eigenvalue weighted by molar-refractivity contribution is -0.130. The van der Waals surface area contributed by atoms with Crippen molar-refractivity contribution in [2.45, 2.75) is 38.8 Å². The van der Waals surface area contributed by atoms with E-state index in [0.29, 0.717) is 6.42 Å². The highest BCUT2D eigenvalue weighted by Crippen LogP contribution is 2.09. The molecule has 0 fully saturated rings. The number of benzene rings is 1. The highest BCUT2D eigenvalue weighted by molar-refractivity contribution is 5.85. The number of carbonyl (C=O) groups is 2. The molecule has 0 aromatic heterocycles. The molecule has 1 rings (SSSR count). The predicted octanol–water partition coefficient (Wildman–Crippen LogP) is 2.21. The second-order valence-corrected chi connectivity index (χ2v) is 6.12. The summed E-state index contributed by atoms with van der Waals surface area (Å²) in [4.78, 5) is 25.5. The maximum absolute atomic E-state index is 12.2. The Bertz CT molecular complexity index is 478. The quantitative estimate of drug-likeness (QED) is 0.925. The van der Waals surface area contributed by atoms with Crippen LogP contribution in [0, 0.1) is 0 Å². The summed E-state index contributed by atoms with van der Waals surface area (Å²) in [5.74, 6) is -0.162. The molecule has 5 heteroatoms. The number of amides is 2. The molecule has 116 valence electrons. The molecule has 0 aliphatic rings. The number of carbonyl (C=O) groups excluding carboxylic acids is 2. The standard InChI is InChI=1S/C16H24N2O3/c1-16(2,3)21-15(20)17-13(14(19)18(4)5)11-12-9-7-6-8-10-12/h6-10,13H,11H2,1-5H3,(H,17,20). The number of nitrogens with one attached hydrogen (secondary N) is 1. The van der Waals surface area contributed by atoms with Crippen LogP contribution < -0.4 is 5.32 Å². The number of nitrogens with zero attached hydrogens (tertiary/aromatic N) is 1. The monoisotopic (exact) mass is 292 g/mol. The number of ether oxygens (including phenoxy) is 1. The lowest BCUT2D eigenvalue weighted by Gasteiger charge is -2.25. The van der Waals surface area contributed by atoms with E-state index in [2.05, 4.69) is 5.32 Å². The zero-order chi connectivity index (χ0) is 16.0. The third kappa shape index (κ3) is 6.29. The summed E-state index contributed by atoms with van der Waals surface area (Å²) in [5, 5.41) is 2.65. The number of alkyl carbamates (subject to hydrolysis) is 1. The Morgan fingerprint density at radius 1 is 1.19 bits per heavy atom. The van der Waals surface area contributed by atoms with Crippen molar-refractivity contribution in [1.82, 2.24) is 10.2 Å². The molecular formula is C16H24N2O3. The first-order valence-electron chi connectivity index (χ1n) is 6.93. The van der Waals surface area contributed by atoms with E-state index in [-0.39, 0.29) is 5.91 Å². The predicted molar refractivity (Wildman–Crippen MR) is 82.0 cm³/mol. The third-order valence-corrected chi connectivity index (χ3v) is 2.71. The van der Waals surface area contributed by atoms with E-state index in [9.17, 15) is 9.59 Å². The second-order valence-electron chi connectivity index (χ2n) is 6.12. The highest BCUT2D eigenvalue weighted by Gasteiger charge is 2.25. The minimum atomic E-state index is -0.641. The summed E-state index contributed by atoms with van der Waals surface area (Å²) in [5.41, 5.74) is 0.386. The molecule has 21 heavy (non-hydrogen) atoms.